The van der Waals surface area contributed by atoms with Crippen molar-refractivity contribution in [1.29, 1.82) is 5.26 Å². The summed E-state index contributed by atoms with van der Waals surface area (Å²) in [6.07, 6.45) is -0.911. The van der Waals surface area contributed by atoms with Crippen molar-refractivity contribution in [2.24, 2.45) is 0 Å². The lowest BCUT2D eigenvalue weighted by Gasteiger charge is -2.20. The van der Waals surface area contributed by atoms with Crippen molar-refractivity contribution in [1.82, 2.24) is 5.32 Å². The van der Waals surface area contributed by atoms with E-state index in [2.05, 4.69) is 5.32 Å². The summed E-state index contributed by atoms with van der Waals surface area (Å²) in [6.45, 7) is 1.78. The molecule has 1 aromatic carbocycles. The second-order valence-electron chi connectivity index (χ2n) is 3.69. The maximum absolute atomic E-state index is 11.6. The lowest BCUT2D eigenvalue weighted by molar-refractivity contribution is -0.149. The van der Waals surface area contributed by atoms with E-state index in [4.69, 9.17) is 10.00 Å². The Kier molecular flexibility index (Phi) is 5.51. The summed E-state index contributed by atoms with van der Waals surface area (Å²) < 4.78 is 4.77. The van der Waals surface area contributed by atoms with Crippen LogP contribution in [0.25, 0.3) is 0 Å². The SMILES string of the molecule is CCOC(=O)C(NC=O)C(O)c1ccc(C#N)cc1. The van der Waals surface area contributed by atoms with Gasteiger partial charge in [-0.25, -0.2) is 4.79 Å². The van der Waals surface area contributed by atoms with Crippen LogP contribution in [0.4, 0.5) is 0 Å². The fourth-order valence-electron chi connectivity index (χ4n) is 1.54. The van der Waals surface area contributed by atoms with Crippen molar-refractivity contribution in [3.8, 4) is 6.07 Å². The molecule has 1 rings (SSSR count). The van der Waals surface area contributed by atoms with Crippen molar-refractivity contribution in [3.63, 3.8) is 0 Å². The fraction of sp³-hybridized carbons (Fsp3) is 0.308. The van der Waals surface area contributed by atoms with Crippen LogP contribution in [0.1, 0.15) is 24.2 Å². The summed E-state index contributed by atoms with van der Waals surface area (Å²) in [7, 11) is 0. The van der Waals surface area contributed by atoms with Crippen molar-refractivity contribution in [2.45, 2.75) is 19.1 Å². The van der Waals surface area contributed by atoms with E-state index in [0.717, 1.165) is 0 Å². The van der Waals surface area contributed by atoms with Gasteiger partial charge in [0, 0.05) is 0 Å². The fourth-order valence-corrected chi connectivity index (χ4v) is 1.54. The minimum Gasteiger partial charge on any atom is -0.464 e. The molecule has 0 aliphatic rings. The lowest BCUT2D eigenvalue weighted by atomic mass is 10.0. The molecule has 0 spiro atoms. The third kappa shape index (κ3) is 3.79. The summed E-state index contributed by atoms with van der Waals surface area (Å²) in [4.78, 5) is 22.1. The highest BCUT2D eigenvalue weighted by Crippen LogP contribution is 2.18. The zero-order valence-electron chi connectivity index (χ0n) is 10.4. The highest BCUT2D eigenvalue weighted by Gasteiger charge is 2.28. The second kappa shape index (κ2) is 7.13. The van der Waals surface area contributed by atoms with Crippen LogP contribution < -0.4 is 5.32 Å². The van der Waals surface area contributed by atoms with Crippen LogP contribution in [0.5, 0.6) is 0 Å². The third-order valence-electron chi connectivity index (χ3n) is 2.49. The quantitative estimate of drug-likeness (QED) is 0.566. The topological polar surface area (TPSA) is 99.4 Å². The Labute approximate surface area is 110 Å². The van der Waals surface area contributed by atoms with E-state index < -0.39 is 18.1 Å². The van der Waals surface area contributed by atoms with Gasteiger partial charge in [-0.15, -0.1) is 0 Å². The second-order valence-corrected chi connectivity index (χ2v) is 3.69. The molecule has 100 valence electrons. The highest BCUT2D eigenvalue weighted by atomic mass is 16.5. The van der Waals surface area contributed by atoms with Gasteiger partial charge in [0.2, 0.25) is 6.41 Å². The molecule has 2 N–H and O–H groups in total. The number of nitrogens with one attached hydrogen (secondary N) is 1. The Hall–Kier alpha value is -2.39. The number of ether oxygens (including phenoxy) is 1. The van der Waals surface area contributed by atoms with Gasteiger partial charge in [0.15, 0.2) is 6.04 Å². The molecule has 0 radical (unpaired) electrons. The van der Waals surface area contributed by atoms with Crippen LogP contribution in [-0.2, 0) is 14.3 Å². The molecule has 1 amide bonds. The number of rotatable bonds is 6. The number of carbonyl (C=O) groups is 2. The van der Waals surface area contributed by atoms with E-state index in [0.29, 0.717) is 17.5 Å². The number of nitrogens with zero attached hydrogens (tertiary/aromatic N) is 1. The molecule has 1 aromatic rings. The monoisotopic (exact) mass is 262 g/mol. The van der Waals surface area contributed by atoms with Crippen LogP contribution >= 0.6 is 0 Å². The average molecular weight is 262 g/mol. The van der Waals surface area contributed by atoms with Gasteiger partial charge in [0.25, 0.3) is 0 Å². The minimum absolute atomic E-state index is 0.149. The molecule has 0 saturated carbocycles. The van der Waals surface area contributed by atoms with E-state index in [1.165, 1.54) is 24.3 Å². The van der Waals surface area contributed by atoms with Gasteiger partial charge >= 0.3 is 5.97 Å². The van der Waals surface area contributed by atoms with E-state index in [9.17, 15) is 14.7 Å². The van der Waals surface area contributed by atoms with Gasteiger partial charge in [-0.3, -0.25) is 4.79 Å². The lowest BCUT2D eigenvalue weighted by Crippen LogP contribution is -2.42. The smallest absolute Gasteiger partial charge is 0.331 e. The Bertz CT molecular complexity index is 478. The number of hydrogen-bond donors (Lipinski definition) is 2. The van der Waals surface area contributed by atoms with Crippen LogP contribution in [0.2, 0.25) is 0 Å². The molecule has 6 nitrogen and oxygen atoms in total. The first-order valence-corrected chi connectivity index (χ1v) is 5.68. The molecule has 0 saturated heterocycles. The van der Waals surface area contributed by atoms with E-state index in [1.54, 1.807) is 6.92 Å². The van der Waals surface area contributed by atoms with Crippen LogP contribution in [-0.4, -0.2) is 30.1 Å². The molecule has 0 aliphatic heterocycles. The summed E-state index contributed by atoms with van der Waals surface area (Å²) in [5, 5.41) is 21.0. The van der Waals surface area contributed by atoms with Crippen molar-refractivity contribution < 1.29 is 19.4 Å². The van der Waals surface area contributed by atoms with E-state index in [1.807, 2.05) is 6.07 Å². The minimum atomic E-state index is -1.24. The van der Waals surface area contributed by atoms with Crippen LogP contribution in [0.15, 0.2) is 24.3 Å². The summed E-state index contributed by atoms with van der Waals surface area (Å²) in [6, 6.07) is 6.83. The third-order valence-corrected chi connectivity index (χ3v) is 2.49. The van der Waals surface area contributed by atoms with Crippen molar-refractivity contribution >= 4 is 12.4 Å². The number of aliphatic hydroxyl groups excluding tert-OH is 1. The van der Waals surface area contributed by atoms with Gasteiger partial charge < -0.3 is 15.2 Å². The Morgan fingerprint density at radius 2 is 2.16 bits per heavy atom. The summed E-state index contributed by atoms with van der Waals surface area (Å²) >= 11 is 0. The number of esters is 1. The normalized spacial score (nSPS) is 12.9. The molecule has 2 atom stereocenters. The number of hydrogen-bond acceptors (Lipinski definition) is 5. The molecule has 0 aromatic heterocycles. The molecule has 6 heteroatoms. The van der Waals surface area contributed by atoms with Crippen molar-refractivity contribution in [2.75, 3.05) is 6.61 Å². The zero-order valence-corrected chi connectivity index (χ0v) is 10.4. The molecule has 2 unspecified atom stereocenters. The molecule has 0 aliphatic carbocycles. The van der Waals surface area contributed by atoms with Crippen molar-refractivity contribution in [3.05, 3.63) is 35.4 Å². The van der Waals surface area contributed by atoms with Crippen LogP contribution in [0, 0.1) is 11.3 Å². The molecule has 0 heterocycles. The Balaban J connectivity index is 2.91. The van der Waals surface area contributed by atoms with Crippen LogP contribution in [0.3, 0.4) is 0 Å². The van der Waals surface area contributed by atoms with Gasteiger partial charge in [0.05, 0.1) is 18.2 Å². The number of amides is 1. The average Bonchev–Trinajstić information content (AvgIpc) is 2.44. The Morgan fingerprint density at radius 1 is 1.53 bits per heavy atom. The number of nitriles is 1. The molecular formula is C13H14N2O4. The number of carbonyl (C=O) groups excluding carboxylic acids is 2. The molecule has 19 heavy (non-hydrogen) atoms. The standard InChI is InChI=1S/C13H14N2O4/c1-2-19-13(18)11(15-8-16)12(17)10-5-3-9(7-14)4-6-10/h3-6,8,11-12,17H,2H2,1H3,(H,15,16). The number of aliphatic hydroxyl groups is 1. The van der Waals surface area contributed by atoms with Gasteiger partial charge in [-0.05, 0) is 24.6 Å². The van der Waals surface area contributed by atoms with E-state index >= 15 is 0 Å². The zero-order chi connectivity index (χ0) is 14.3. The van der Waals surface area contributed by atoms with Gasteiger partial charge in [-0.1, -0.05) is 12.1 Å². The highest BCUT2D eigenvalue weighted by molar-refractivity contribution is 5.79. The first-order chi connectivity index (χ1) is 9.13. The summed E-state index contributed by atoms with van der Waals surface area (Å²) in [5.74, 6) is -0.716. The molecule has 0 fully saturated rings. The Morgan fingerprint density at radius 3 is 2.63 bits per heavy atom. The van der Waals surface area contributed by atoms with E-state index in [-0.39, 0.29) is 6.61 Å². The van der Waals surface area contributed by atoms with Gasteiger partial charge in [0.1, 0.15) is 6.10 Å². The predicted molar refractivity (Wildman–Crippen MR) is 65.7 cm³/mol. The molecular weight excluding hydrogens is 248 g/mol. The van der Waals surface area contributed by atoms with Gasteiger partial charge in [-0.2, -0.15) is 5.26 Å². The molecule has 0 bridgehead atoms. The summed E-state index contributed by atoms with van der Waals surface area (Å²) in [5.41, 5.74) is 0.846. The number of benzene rings is 1. The maximum atomic E-state index is 11.6. The predicted octanol–water partition coefficient (Wildman–Crippen LogP) is 0.269. The largest absolute Gasteiger partial charge is 0.464 e. The maximum Gasteiger partial charge on any atom is 0.331 e. The first kappa shape index (κ1) is 14.7. The first-order valence-electron chi connectivity index (χ1n) is 5.68.